The SMILES string of the molecule is COc1cccc([C@@H]2[C@@H]3C(=O)N(c4ccc(Br)cc4)C(=O)[C@@H]3ON2c2ccccc2)c1. The fourth-order valence-corrected chi connectivity index (χ4v) is 4.49. The van der Waals surface area contributed by atoms with Gasteiger partial charge < -0.3 is 4.74 Å². The average Bonchev–Trinajstić information content (AvgIpc) is 3.31. The minimum Gasteiger partial charge on any atom is -0.497 e. The highest BCUT2D eigenvalue weighted by atomic mass is 79.9. The zero-order valence-corrected chi connectivity index (χ0v) is 18.2. The number of rotatable bonds is 4. The number of amides is 2. The van der Waals surface area contributed by atoms with Gasteiger partial charge in [-0.25, -0.2) is 9.96 Å². The van der Waals surface area contributed by atoms with Crippen molar-refractivity contribution in [2.75, 3.05) is 17.1 Å². The maximum atomic E-state index is 13.6. The maximum absolute atomic E-state index is 13.6. The lowest BCUT2D eigenvalue weighted by atomic mass is 9.90. The molecule has 3 aromatic rings. The molecule has 3 aromatic carbocycles. The summed E-state index contributed by atoms with van der Waals surface area (Å²) in [7, 11) is 1.60. The number of hydrogen-bond donors (Lipinski definition) is 0. The molecule has 2 aliphatic heterocycles. The molecule has 6 nitrogen and oxygen atoms in total. The van der Waals surface area contributed by atoms with Crippen molar-refractivity contribution in [3.05, 3.63) is 88.9 Å². The van der Waals surface area contributed by atoms with Gasteiger partial charge in [0.25, 0.3) is 5.91 Å². The number of carbonyl (C=O) groups is 2. The number of hydroxylamine groups is 1. The molecular weight excluding hydrogens is 460 g/mol. The fraction of sp³-hybridized carbons (Fsp3) is 0.167. The zero-order valence-electron chi connectivity index (χ0n) is 16.6. The van der Waals surface area contributed by atoms with Crippen molar-refractivity contribution in [3.63, 3.8) is 0 Å². The van der Waals surface area contributed by atoms with E-state index in [4.69, 9.17) is 9.57 Å². The van der Waals surface area contributed by atoms with Crippen LogP contribution in [-0.4, -0.2) is 25.0 Å². The van der Waals surface area contributed by atoms with E-state index in [2.05, 4.69) is 15.9 Å². The molecule has 3 atom stereocenters. The standard InChI is InChI=1S/C24H19BrN2O4/c1-30-19-9-5-6-15(14-19)21-20-22(31-27(21)18-7-3-2-4-8-18)24(29)26(23(20)28)17-12-10-16(25)11-13-17/h2-14,20-22H,1H3/t20-,21+,22+/m0/s1. The molecule has 0 unspecified atom stereocenters. The van der Waals surface area contributed by atoms with E-state index >= 15 is 0 Å². The second kappa shape index (κ2) is 7.83. The number of imide groups is 1. The zero-order chi connectivity index (χ0) is 21.5. The Labute approximate surface area is 188 Å². The molecule has 0 bridgehead atoms. The van der Waals surface area contributed by atoms with E-state index < -0.39 is 18.1 Å². The number of hydrogen-bond acceptors (Lipinski definition) is 5. The van der Waals surface area contributed by atoms with E-state index in [0.717, 1.165) is 15.7 Å². The minimum absolute atomic E-state index is 0.274. The Morgan fingerprint density at radius 2 is 1.61 bits per heavy atom. The summed E-state index contributed by atoms with van der Waals surface area (Å²) in [5, 5.41) is 1.68. The van der Waals surface area contributed by atoms with Crippen molar-refractivity contribution >= 4 is 39.1 Å². The van der Waals surface area contributed by atoms with Crippen molar-refractivity contribution in [1.29, 1.82) is 0 Å². The van der Waals surface area contributed by atoms with E-state index in [0.29, 0.717) is 11.4 Å². The quantitative estimate of drug-likeness (QED) is 0.516. The molecule has 0 N–H and O–H groups in total. The third-order valence-corrected chi connectivity index (χ3v) is 6.17. The van der Waals surface area contributed by atoms with Crippen LogP contribution in [0.2, 0.25) is 0 Å². The number of fused-ring (bicyclic) bond motifs is 1. The highest BCUT2D eigenvalue weighted by Crippen LogP contribution is 2.48. The fourth-order valence-electron chi connectivity index (χ4n) is 4.22. The van der Waals surface area contributed by atoms with Crippen LogP contribution >= 0.6 is 15.9 Å². The van der Waals surface area contributed by atoms with Crippen LogP contribution in [0, 0.1) is 5.92 Å². The van der Waals surface area contributed by atoms with Gasteiger partial charge in [-0.05, 0) is 54.1 Å². The Morgan fingerprint density at radius 1 is 0.871 bits per heavy atom. The summed E-state index contributed by atoms with van der Waals surface area (Å²) in [6.07, 6.45) is -0.896. The molecule has 0 aromatic heterocycles. The van der Waals surface area contributed by atoms with Crippen molar-refractivity contribution < 1.29 is 19.2 Å². The molecule has 0 saturated carbocycles. The number of halogens is 1. The summed E-state index contributed by atoms with van der Waals surface area (Å²) in [6, 6.07) is 23.7. The molecule has 2 saturated heterocycles. The molecule has 2 heterocycles. The van der Waals surface area contributed by atoms with Gasteiger partial charge in [-0.3, -0.25) is 14.4 Å². The van der Waals surface area contributed by atoms with Gasteiger partial charge in [0.15, 0.2) is 6.10 Å². The van der Waals surface area contributed by atoms with Gasteiger partial charge in [0.1, 0.15) is 11.7 Å². The Morgan fingerprint density at radius 3 is 2.32 bits per heavy atom. The predicted molar refractivity (Wildman–Crippen MR) is 120 cm³/mol. The van der Waals surface area contributed by atoms with Crippen molar-refractivity contribution in [2.45, 2.75) is 12.1 Å². The summed E-state index contributed by atoms with van der Waals surface area (Å²) in [5.41, 5.74) is 2.15. The van der Waals surface area contributed by atoms with Crippen LogP contribution in [0.25, 0.3) is 0 Å². The van der Waals surface area contributed by atoms with Gasteiger partial charge in [0.2, 0.25) is 5.91 Å². The number of anilines is 2. The first-order valence-electron chi connectivity index (χ1n) is 9.87. The van der Waals surface area contributed by atoms with Crippen LogP contribution in [0.1, 0.15) is 11.6 Å². The van der Waals surface area contributed by atoms with Crippen LogP contribution < -0.4 is 14.7 Å². The van der Waals surface area contributed by atoms with Crippen molar-refractivity contribution in [1.82, 2.24) is 0 Å². The van der Waals surface area contributed by atoms with Gasteiger partial charge in [0.05, 0.1) is 24.5 Å². The summed E-state index contributed by atoms with van der Waals surface area (Å²) in [6.45, 7) is 0. The molecule has 31 heavy (non-hydrogen) atoms. The Kier molecular flexibility index (Phi) is 5.00. The molecule has 2 fully saturated rings. The molecule has 7 heteroatoms. The first-order valence-corrected chi connectivity index (χ1v) is 10.7. The predicted octanol–water partition coefficient (Wildman–Crippen LogP) is 4.51. The maximum Gasteiger partial charge on any atom is 0.266 e. The van der Waals surface area contributed by atoms with E-state index in [9.17, 15) is 9.59 Å². The van der Waals surface area contributed by atoms with Gasteiger partial charge in [-0.15, -0.1) is 0 Å². The lowest BCUT2D eigenvalue weighted by Gasteiger charge is -2.29. The van der Waals surface area contributed by atoms with Crippen LogP contribution in [0.15, 0.2) is 83.3 Å². The molecule has 2 aliphatic rings. The largest absolute Gasteiger partial charge is 0.497 e. The summed E-state index contributed by atoms with van der Waals surface area (Å²) < 4.78 is 6.26. The second-order valence-electron chi connectivity index (χ2n) is 7.42. The number of ether oxygens (including phenoxy) is 1. The molecule has 5 rings (SSSR count). The first-order chi connectivity index (χ1) is 15.1. The molecule has 156 valence electrons. The number of para-hydroxylation sites is 1. The molecular formula is C24H19BrN2O4. The van der Waals surface area contributed by atoms with Crippen LogP contribution in [0.5, 0.6) is 5.75 Å². The van der Waals surface area contributed by atoms with E-state index in [1.54, 1.807) is 36.4 Å². The number of benzene rings is 3. The number of carbonyl (C=O) groups excluding carboxylic acids is 2. The summed E-state index contributed by atoms with van der Waals surface area (Å²) in [5.74, 6) is -0.633. The van der Waals surface area contributed by atoms with Crippen molar-refractivity contribution in [3.8, 4) is 5.75 Å². The van der Waals surface area contributed by atoms with Crippen LogP contribution in [0.4, 0.5) is 11.4 Å². The Bertz CT molecular complexity index is 1140. The summed E-state index contributed by atoms with van der Waals surface area (Å²) >= 11 is 3.39. The Hall–Kier alpha value is -3.16. The number of methoxy groups -OCH3 is 1. The highest BCUT2D eigenvalue weighted by molar-refractivity contribution is 9.10. The highest BCUT2D eigenvalue weighted by Gasteiger charge is 2.60. The van der Waals surface area contributed by atoms with Gasteiger partial charge in [-0.1, -0.05) is 46.3 Å². The molecule has 0 radical (unpaired) electrons. The smallest absolute Gasteiger partial charge is 0.266 e. The first kappa shape index (κ1) is 19.8. The molecule has 0 spiro atoms. The number of nitrogens with zero attached hydrogens (tertiary/aromatic N) is 2. The van der Waals surface area contributed by atoms with E-state index in [1.165, 1.54) is 4.90 Å². The second-order valence-corrected chi connectivity index (χ2v) is 8.34. The average molecular weight is 479 g/mol. The molecule has 2 amide bonds. The lowest BCUT2D eigenvalue weighted by Crippen LogP contribution is -2.37. The lowest BCUT2D eigenvalue weighted by molar-refractivity contribution is -0.126. The minimum atomic E-state index is -0.896. The van der Waals surface area contributed by atoms with E-state index in [-0.39, 0.29) is 11.8 Å². The monoisotopic (exact) mass is 478 g/mol. The van der Waals surface area contributed by atoms with Crippen molar-refractivity contribution in [2.24, 2.45) is 5.92 Å². The third-order valence-electron chi connectivity index (χ3n) is 5.65. The topological polar surface area (TPSA) is 59.1 Å². The third kappa shape index (κ3) is 3.30. The van der Waals surface area contributed by atoms with Crippen LogP contribution in [0.3, 0.4) is 0 Å². The Balaban J connectivity index is 1.59. The normalized spacial score (nSPS) is 22.7. The van der Waals surface area contributed by atoms with Gasteiger partial charge >= 0.3 is 0 Å². The summed E-state index contributed by atoms with van der Waals surface area (Å²) in [4.78, 5) is 34.2. The van der Waals surface area contributed by atoms with Crippen LogP contribution in [-0.2, 0) is 14.4 Å². The molecule has 0 aliphatic carbocycles. The van der Waals surface area contributed by atoms with Gasteiger partial charge in [-0.2, -0.15) is 0 Å². The van der Waals surface area contributed by atoms with Gasteiger partial charge in [0, 0.05) is 4.47 Å². The van der Waals surface area contributed by atoms with E-state index in [1.807, 2.05) is 54.6 Å².